The van der Waals surface area contributed by atoms with Crippen molar-refractivity contribution in [3.05, 3.63) is 64.6 Å². The number of benzene rings is 2. The smallest absolute Gasteiger partial charge is 0.303 e. The maximum Gasteiger partial charge on any atom is 0.406 e. The number of hydrogen-bond acceptors (Lipinski definition) is 5. The summed E-state index contributed by atoms with van der Waals surface area (Å²) in [5.74, 6) is -0.494. The highest BCUT2D eigenvalue weighted by Crippen LogP contribution is 2.31. The minimum absolute atomic E-state index is 0.0499. The molecule has 1 amide bonds. The first kappa shape index (κ1) is 25.5. The van der Waals surface area contributed by atoms with Crippen molar-refractivity contribution in [2.24, 2.45) is 0 Å². The number of piperidine rings is 1. The molecule has 0 N–H and O–H groups in total. The topological polar surface area (TPSA) is 84.6 Å². The van der Waals surface area contributed by atoms with Crippen LogP contribution in [0.2, 0.25) is 0 Å². The summed E-state index contributed by atoms with van der Waals surface area (Å²) >= 11 is 0. The highest BCUT2D eigenvalue weighted by Gasteiger charge is 2.40. The largest absolute Gasteiger partial charge is 0.406 e. The van der Waals surface area contributed by atoms with Gasteiger partial charge in [-0.1, -0.05) is 24.3 Å². The van der Waals surface area contributed by atoms with E-state index in [0.717, 1.165) is 8.87 Å². The van der Waals surface area contributed by atoms with Gasteiger partial charge in [0.1, 0.15) is 11.4 Å². The van der Waals surface area contributed by atoms with Crippen LogP contribution in [0.3, 0.4) is 0 Å². The predicted molar refractivity (Wildman–Crippen MR) is 131 cm³/mol. The number of carbonyl (C=O) groups is 1. The van der Waals surface area contributed by atoms with Gasteiger partial charge in [-0.15, -0.1) is 0 Å². The molecule has 12 heteroatoms. The normalized spacial score (nSPS) is 18.6. The van der Waals surface area contributed by atoms with Gasteiger partial charge >= 0.3 is 11.9 Å². The van der Waals surface area contributed by atoms with E-state index in [-0.39, 0.29) is 28.6 Å². The summed E-state index contributed by atoms with van der Waals surface area (Å²) in [6, 6.07) is 12.6. The van der Waals surface area contributed by atoms with Crippen molar-refractivity contribution in [3.63, 3.8) is 0 Å². The van der Waals surface area contributed by atoms with Crippen molar-refractivity contribution in [2.45, 2.75) is 49.3 Å². The summed E-state index contributed by atoms with van der Waals surface area (Å²) in [4.78, 5) is 27.7. The van der Waals surface area contributed by atoms with E-state index in [9.17, 15) is 31.2 Å². The van der Waals surface area contributed by atoms with Crippen molar-refractivity contribution >= 4 is 27.0 Å². The van der Waals surface area contributed by atoms with Crippen LogP contribution in [0.1, 0.15) is 42.1 Å². The fourth-order valence-corrected chi connectivity index (χ4v) is 6.97. The highest BCUT2D eigenvalue weighted by atomic mass is 32.2. The number of rotatable bonds is 7. The van der Waals surface area contributed by atoms with Crippen LogP contribution < -0.4 is 5.69 Å². The number of sulfonamides is 1. The van der Waals surface area contributed by atoms with Gasteiger partial charge in [0, 0.05) is 25.7 Å². The number of para-hydroxylation sites is 2. The minimum Gasteiger partial charge on any atom is -0.303 e. The van der Waals surface area contributed by atoms with E-state index >= 15 is 0 Å². The Balaban J connectivity index is 1.17. The Bertz CT molecular complexity index is 1490. The van der Waals surface area contributed by atoms with E-state index in [1.54, 1.807) is 30.3 Å². The monoisotopic (exact) mass is 536 g/mol. The van der Waals surface area contributed by atoms with E-state index < -0.39 is 34.3 Å². The lowest BCUT2D eigenvalue weighted by Crippen LogP contribution is -2.39. The third-order valence-electron chi connectivity index (χ3n) is 7.13. The van der Waals surface area contributed by atoms with E-state index in [4.69, 9.17) is 0 Å². The fourth-order valence-electron chi connectivity index (χ4n) is 5.36. The molecule has 198 valence electrons. The number of likely N-dealkylation sites (tertiary alicyclic amines) is 1. The first-order chi connectivity index (χ1) is 17.6. The lowest BCUT2D eigenvalue weighted by Gasteiger charge is -2.32. The molecule has 0 radical (unpaired) electrons. The average molecular weight is 537 g/mol. The SMILES string of the molecule is O=C1c2ccccc2S(=O)(=O)N1CCCCN1CCC(n2c(=O)n(CC(F)(F)F)c3ccccc32)CC1. The standard InChI is InChI=1S/C25H27F3N4O4S/c26-25(27,28)17-30-20-8-2-3-9-21(20)32(24(30)34)18-11-15-29(16-12-18)13-5-6-14-31-23(33)19-7-1-4-10-22(19)37(31,35)36/h1-4,7-10,18H,5-6,11-17H2. The van der Waals surface area contributed by atoms with Gasteiger partial charge in [0.15, 0.2) is 0 Å². The molecule has 0 spiro atoms. The zero-order valence-corrected chi connectivity index (χ0v) is 20.8. The third-order valence-corrected chi connectivity index (χ3v) is 8.97. The Morgan fingerprint density at radius 1 is 0.865 bits per heavy atom. The molecule has 1 aromatic heterocycles. The molecule has 1 fully saturated rings. The van der Waals surface area contributed by atoms with Crippen molar-refractivity contribution in [3.8, 4) is 0 Å². The number of unbranched alkanes of at least 4 members (excludes halogenated alkanes) is 1. The number of alkyl halides is 3. The minimum atomic E-state index is -4.50. The first-order valence-electron chi connectivity index (χ1n) is 12.2. The van der Waals surface area contributed by atoms with E-state index in [1.165, 1.54) is 22.8 Å². The van der Waals surface area contributed by atoms with Crippen LogP contribution in [0.4, 0.5) is 13.2 Å². The number of fused-ring (bicyclic) bond motifs is 2. The summed E-state index contributed by atoms with van der Waals surface area (Å²) in [7, 11) is -3.81. The van der Waals surface area contributed by atoms with Gasteiger partial charge < -0.3 is 4.90 Å². The molecule has 37 heavy (non-hydrogen) atoms. The Labute approximate surface area is 211 Å². The second-order valence-corrected chi connectivity index (χ2v) is 11.3. The Morgan fingerprint density at radius 2 is 1.49 bits per heavy atom. The zero-order valence-electron chi connectivity index (χ0n) is 20.0. The summed E-state index contributed by atoms with van der Waals surface area (Å²) < 4.78 is 67.9. The molecule has 3 aromatic rings. The Morgan fingerprint density at radius 3 is 2.16 bits per heavy atom. The van der Waals surface area contributed by atoms with Crippen molar-refractivity contribution < 1.29 is 26.4 Å². The van der Waals surface area contributed by atoms with Crippen molar-refractivity contribution in [1.29, 1.82) is 0 Å². The van der Waals surface area contributed by atoms with Crippen molar-refractivity contribution in [1.82, 2.24) is 18.3 Å². The number of carbonyl (C=O) groups excluding carboxylic acids is 1. The van der Waals surface area contributed by atoms with Gasteiger partial charge in [-0.25, -0.2) is 17.5 Å². The van der Waals surface area contributed by atoms with Crippen LogP contribution >= 0.6 is 0 Å². The lowest BCUT2D eigenvalue weighted by atomic mass is 10.0. The van der Waals surface area contributed by atoms with Crippen LogP contribution in [0, 0.1) is 0 Å². The van der Waals surface area contributed by atoms with Gasteiger partial charge in [0.25, 0.3) is 15.9 Å². The molecule has 3 heterocycles. The van der Waals surface area contributed by atoms with Crippen LogP contribution in [0.15, 0.2) is 58.2 Å². The molecule has 0 atom stereocenters. The molecule has 0 saturated carbocycles. The predicted octanol–water partition coefficient (Wildman–Crippen LogP) is 3.63. The van der Waals surface area contributed by atoms with Gasteiger partial charge in [-0.05, 0) is 56.5 Å². The summed E-state index contributed by atoms with van der Waals surface area (Å²) in [6.07, 6.45) is -2.05. The van der Waals surface area contributed by atoms with Gasteiger partial charge in [-0.2, -0.15) is 13.2 Å². The number of halogens is 3. The van der Waals surface area contributed by atoms with E-state index in [0.29, 0.717) is 50.8 Å². The van der Waals surface area contributed by atoms with Gasteiger partial charge in [0.2, 0.25) is 0 Å². The molecular weight excluding hydrogens is 509 g/mol. The molecule has 2 aliphatic rings. The summed E-state index contributed by atoms with van der Waals surface area (Å²) in [5.41, 5.74) is 0.347. The second-order valence-electron chi connectivity index (χ2n) is 9.50. The maximum absolute atomic E-state index is 13.1. The van der Waals surface area contributed by atoms with Crippen LogP contribution in [-0.4, -0.2) is 65.0 Å². The number of nitrogens with zero attached hydrogens (tertiary/aromatic N) is 4. The van der Waals surface area contributed by atoms with E-state index in [1.807, 2.05) is 0 Å². The molecule has 0 aliphatic carbocycles. The number of imidazole rings is 1. The second kappa shape index (κ2) is 9.64. The average Bonchev–Trinajstić information content (AvgIpc) is 3.24. The quantitative estimate of drug-likeness (QED) is 0.431. The molecule has 0 unspecified atom stereocenters. The van der Waals surface area contributed by atoms with Gasteiger partial charge in [0.05, 0.1) is 16.6 Å². The Kier molecular flexibility index (Phi) is 6.65. The molecule has 0 bridgehead atoms. The molecule has 2 aromatic carbocycles. The van der Waals surface area contributed by atoms with E-state index in [2.05, 4.69) is 4.90 Å². The van der Waals surface area contributed by atoms with Crippen LogP contribution in [-0.2, 0) is 16.6 Å². The van der Waals surface area contributed by atoms with Gasteiger partial charge in [-0.3, -0.25) is 13.9 Å². The molecule has 5 rings (SSSR count). The number of hydrogen-bond donors (Lipinski definition) is 0. The lowest BCUT2D eigenvalue weighted by molar-refractivity contribution is -0.140. The van der Waals surface area contributed by atoms with Crippen LogP contribution in [0.25, 0.3) is 11.0 Å². The molecule has 8 nitrogen and oxygen atoms in total. The highest BCUT2D eigenvalue weighted by molar-refractivity contribution is 7.90. The zero-order chi connectivity index (χ0) is 26.4. The van der Waals surface area contributed by atoms with Crippen LogP contribution in [0.5, 0.6) is 0 Å². The summed E-state index contributed by atoms with van der Waals surface area (Å²) in [5, 5.41) is 0. The maximum atomic E-state index is 13.1. The summed E-state index contributed by atoms with van der Waals surface area (Å²) in [6.45, 7) is 0.829. The molecule has 2 aliphatic heterocycles. The fraction of sp³-hybridized carbons (Fsp3) is 0.440. The number of aromatic nitrogens is 2. The van der Waals surface area contributed by atoms with Crippen molar-refractivity contribution in [2.75, 3.05) is 26.2 Å². The third kappa shape index (κ3) is 4.79. The first-order valence-corrected chi connectivity index (χ1v) is 13.7. The Hall–Kier alpha value is -3.12. The molecular formula is C25H27F3N4O4S. The molecule has 1 saturated heterocycles. The number of amides is 1.